The number of rotatable bonds is 4. The Balaban J connectivity index is 1.95. The van der Waals surface area contributed by atoms with Crippen LogP contribution in [-0.2, 0) is 11.0 Å². The number of H-pyrrole nitrogens is 1. The molecule has 10 heteroatoms. The van der Waals surface area contributed by atoms with Gasteiger partial charge in [-0.05, 0) is 25.1 Å². The standard InChI is InChI=1S/C20H14F5N3O2/c1-9(18(29)27-10(2)12-4-3-11(21)7-15(12)22)13-8-14-16(28-19(13)30)5-6-26-17(14)20(23,24)25/h3-8,10H,1H2,2H3,(H,27,29)(H,28,30)/t10-/m0/s1. The summed E-state index contributed by atoms with van der Waals surface area (Å²) in [6.45, 7) is 4.89. The van der Waals surface area contributed by atoms with Crippen molar-refractivity contribution in [2.75, 3.05) is 0 Å². The normalized spacial score (nSPS) is 12.6. The van der Waals surface area contributed by atoms with E-state index in [2.05, 4.69) is 21.9 Å². The zero-order valence-electron chi connectivity index (χ0n) is 15.4. The van der Waals surface area contributed by atoms with Crippen molar-refractivity contribution in [3.8, 4) is 0 Å². The average Bonchev–Trinajstić information content (AvgIpc) is 2.65. The van der Waals surface area contributed by atoms with Crippen molar-refractivity contribution in [2.24, 2.45) is 0 Å². The first-order valence-electron chi connectivity index (χ1n) is 8.53. The van der Waals surface area contributed by atoms with E-state index >= 15 is 0 Å². The Morgan fingerprint density at radius 1 is 1.20 bits per heavy atom. The molecule has 3 aromatic rings. The van der Waals surface area contributed by atoms with Crippen LogP contribution in [0.5, 0.6) is 0 Å². The summed E-state index contributed by atoms with van der Waals surface area (Å²) in [4.78, 5) is 30.3. The summed E-state index contributed by atoms with van der Waals surface area (Å²) in [5, 5.41) is 1.97. The van der Waals surface area contributed by atoms with Crippen molar-refractivity contribution in [1.82, 2.24) is 15.3 Å². The predicted molar refractivity (Wildman–Crippen MR) is 99.3 cm³/mol. The molecular weight excluding hydrogens is 409 g/mol. The van der Waals surface area contributed by atoms with Gasteiger partial charge in [-0.1, -0.05) is 12.6 Å². The van der Waals surface area contributed by atoms with E-state index < -0.39 is 57.5 Å². The third-order valence-electron chi connectivity index (χ3n) is 4.42. The Morgan fingerprint density at radius 2 is 1.90 bits per heavy atom. The lowest BCUT2D eigenvalue weighted by atomic mass is 10.0. The van der Waals surface area contributed by atoms with Crippen LogP contribution in [0.4, 0.5) is 22.0 Å². The maximum absolute atomic E-state index is 13.9. The topological polar surface area (TPSA) is 74.8 Å². The molecule has 2 aromatic heterocycles. The number of hydrogen-bond donors (Lipinski definition) is 2. The summed E-state index contributed by atoms with van der Waals surface area (Å²) >= 11 is 0. The second-order valence-corrected chi connectivity index (χ2v) is 6.47. The highest BCUT2D eigenvalue weighted by molar-refractivity contribution is 6.19. The fraction of sp³-hybridized carbons (Fsp3) is 0.150. The number of nitrogens with one attached hydrogen (secondary N) is 2. The van der Waals surface area contributed by atoms with Crippen molar-refractivity contribution < 1.29 is 26.7 Å². The number of amides is 1. The van der Waals surface area contributed by atoms with Gasteiger partial charge in [0.15, 0.2) is 5.69 Å². The monoisotopic (exact) mass is 423 g/mol. The Morgan fingerprint density at radius 3 is 2.53 bits per heavy atom. The van der Waals surface area contributed by atoms with E-state index in [-0.39, 0.29) is 11.1 Å². The highest BCUT2D eigenvalue weighted by atomic mass is 19.4. The molecule has 1 atom stereocenters. The number of pyridine rings is 2. The van der Waals surface area contributed by atoms with Crippen LogP contribution in [0.2, 0.25) is 0 Å². The molecule has 3 rings (SSSR count). The lowest BCUT2D eigenvalue weighted by molar-refractivity contribution is -0.139. The summed E-state index contributed by atoms with van der Waals surface area (Å²) in [6, 6.07) is 3.94. The van der Waals surface area contributed by atoms with Gasteiger partial charge in [0.05, 0.1) is 17.1 Å². The van der Waals surface area contributed by atoms with E-state index in [1.165, 1.54) is 13.0 Å². The van der Waals surface area contributed by atoms with Gasteiger partial charge >= 0.3 is 6.18 Å². The SMILES string of the molecule is C=C(C(=O)N[C@@H](C)c1ccc(F)cc1F)c1cc2c(C(F)(F)F)nccc2[nH]c1=O. The Hall–Kier alpha value is -3.56. The number of carbonyl (C=O) groups excluding carboxylic acids is 1. The fourth-order valence-electron chi connectivity index (χ4n) is 2.91. The number of fused-ring (bicyclic) bond motifs is 1. The zero-order valence-corrected chi connectivity index (χ0v) is 15.4. The lowest BCUT2D eigenvalue weighted by Gasteiger charge is -2.16. The van der Waals surface area contributed by atoms with Gasteiger partial charge in [0.1, 0.15) is 11.6 Å². The molecule has 0 unspecified atom stereocenters. The molecule has 2 heterocycles. The number of hydrogen-bond acceptors (Lipinski definition) is 3. The maximum atomic E-state index is 13.9. The van der Waals surface area contributed by atoms with E-state index in [0.717, 1.165) is 24.4 Å². The molecule has 30 heavy (non-hydrogen) atoms. The lowest BCUT2D eigenvalue weighted by Crippen LogP contribution is -2.29. The molecule has 156 valence electrons. The summed E-state index contributed by atoms with van der Waals surface area (Å²) in [7, 11) is 0. The molecular formula is C20H14F5N3O2. The number of alkyl halides is 3. The minimum absolute atomic E-state index is 0.0199. The number of halogens is 5. The molecule has 0 bridgehead atoms. The van der Waals surface area contributed by atoms with Gasteiger partial charge in [-0.15, -0.1) is 0 Å². The minimum Gasteiger partial charge on any atom is -0.345 e. The highest BCUT2D eigenvalue weighted by Gasteiger charge is 2.35. The van der Waals surface area contributed by atoms with E-state index in [4.69, 9.17) is 0 Å². The number of benzene rings is 1. The van der Waals surface area contributed by atoms with Crippen LogP contribution < -0.4 is 10.9 Å². The van der Waals surface area contributed by atoms with Gasteiger partial charge in [-0.2, -0.15) is 13.2 Å². The molecule has 0 spiro atoms. The average molecular weight is 423 g/mol. The van der Waals surface area contributed by atoms with Crippen molar-refractivity contribution in [3.05, 3.63) is 81.9 Å². The van der Waals surface area contributed by atoms with Crippen LogP contribution in [-0.4, -0.2) is 15.9 Å². The fourth-order valence-corrected chi connectivity index (χ4v) is 2.91. The molecule has 5 nitrogen and oxygen atoms in total. The quantitative estimate of drug-likeness (QED) is 0.490. The molecule has 2 N–H and O–H groups in total. The number of aromatic amines is 1. The van der Waals surface area contributed by atoms with E-state index in [0.29, 0.717) is 6.07 Å². The summed E-state index contributed by atoms with van der Waals surface area (Å²) in [5.41, 5.74) is -3.01. The van der Waals surface area contributed by atoms with Crippen LogP contribution in [0.1, 0.15) is 29.8 Å². The van der Waals surface area contributed by atoms with E-state index in [1.54, 1.807) is 0 Å². The number of nitrogens with zero attached hydrogens (tertiary/aromatic N) is 1. The van der Waals surface area contributed by atoms with Crippen molar-refractivity contribution >= 4 is 22.4 Å². The molecule has 1 aromatic carbocycles. The van der Waals surface area contributed by atoms with Crippen LogP contribution >= 0.6 is 0 Å². The molecule has 0 radical (unpaired) electrons. The first-order valence-corrected chi connectivity index (χ1v) is 8.53. The minimum atomic E-state index is -4.78. The third kappa shape index (κ3) is 4.07. The van der Waals surface area contributed by atoms with Gasteiger partial charge in [-0.25, -0.2) is 8.78 Å². The second-order valence-electron chi connectivity index (χ2n) is 6.47. The maximum Gasteiger partial charge on any atom is 0.434 e. The molecule has 0 fully saturated rings. The summed E-state index contributed by atoms with van der Waals surface area (Å²) in [6.07, 6.45) is -3.88. The summed E-state index contributed by atoms with van der Waals surface area (Å²) < 4.78 is 66.6. The van der Waals surface area contributed by atoms with Gasteiger partial charge in [-0.3, -0.25) is 14.6 Å². The number of aromatic nitrogens is 2. The Labute approximate surface area is 166 Å². The zero-order chi connectivity index (χ0) is 22.2. The Bertz CT molecular complexity index is 1220. The largest absolute Gasteiger partial charge is 0.434 e. The summed E-state index contributed by atoms with van der Waals surface area (Å²) in [5.74, 6) is -2.60. The van der Waals surface area contributed by atoms with Crippen LogP contribution in [0.3, 0.4) is 0 Å². The van der Waals surface area contributed by atoms with Gasteiger partial charge in [0, 0.05) is 28.8 Å². The molecule has 0 saturated heterocycles. The first-order chi connectivity index (χ1) is 14.0. The Kier molecular flexibility index (Phi) is 5.43. The third-order valence-corrected chi connectivity index (χ3v) is 4.42. The van der Waals surface area contributed by atoms with Crippen LogP contribution in [0, 0.1) is 11.6 Å². The molecule has 0 aliphatic carbocycles. The molecule has 0 saturated carbocycles. The van der Waals surface area contributed by atoms with Crippen molar-refractivity contribution in [2.45, 2.75) is 19.1 Å². The van der Waals surface area contributed by atoms with Crippen LogP contribution in [0.25, 0.3) is 16.5 Å². The van der Waals surface area contributed by atoms with Gasteiger partial charge < -0.3 is 10.3 Å². The van der Waals surface area contributed by atoms with Crippen molar-refractivity contribution in [1.29, 1.82) is 0 Å². The second kappa shape index (κ2) is 7.69. The molecule has 0 aliphatic heterocycles. The molecule has 0 aliphatic rings. The highest BCUT2D eigenvalue weighted by Crippen LogP contribution is 2.32. The van der Waals surface area contributed by atoms with E-state index in [1.807, 2.05) is 0 Å². The molecule has 1 amide bonds. The van der Waals surface area contributed by atoms with Gasteiger partial charge in [0.2, 0.25) is 0 Å². The number of carbonyl (C=O) groups is 1. The predicted octanol–water partition coefficient (Wildman–Crippen LogP) is 4.11. The first kappa shape index (κ1) is 21.2. The van der Waals surface area contributed by atoms with Crippen molar-refractivity contribution in [3.63, 3.8) is 0 Å². The smallest absolute Gasteiger partial charge is 0.345 e. The van der Waals surface area contributed by atoms with E-state index in [9.17, 15) is 31.5 Å². The van der Waals surface area contributed by atoms with Gasteiger partial charge in [0.25, 0.3) is 11.5 Å². The van der Waals surface area contributed by atoms with Crippen LogP contribution in [0.15, 0.2) is 47.9 Å².